The van der Waals surface area contributed by atoms with Gasteiger partial charge in [-0.1, -0.05) is 6.92 Å². The average Bonchev–Trinajstić information content (AvgIpc) is 2.55. The Bertz CT molecular complexity index is 387. The number of rotatable bonds is 16. The molecular formula is C17H32N2O6. The molecule has 0 aliphatic heterocycles. The fourth-order valence-electron chi connectivity index (χ4n) is 1.74. The first-order valence-corrected chi connectivity index (χ1v) is 8.77. The number of hydrogen-bond acceptors (Lipinski definition) is 6. The molecule has 2 N–H and O–H groups in total. The number of carbonyl (C=O) groups is 3. The number of amides is 2. The van der Waals surface area contributed by atoms with Gasteiger partial charge in [-0.05, 0) is 20.3 Å². The molecule has 8 nitrogen and oxygen atoms in total. The lowest BCUT2D eigenvalue weighted by Crippen LogP contribution is -2.38. The van der Waals surface area contributed by atoms with E-state index in [4.69, 9.17) is 14.2 Å². The van der Waals surface area contributed by atoms with Crippen LogP contribution >= 0.6 is 0 Å². The molecule has 0 unspecified atom stereocenters. The molecule has 146 valence electrons. The van der Waals surface area contributed by atoms with Crippen LogP contribution in [0.25, 0.3) is 0 Å². The van der Waals surface area contributed by atoms with E-state index in [1.54, 1.807) is 0 Å². The molecule has 0 heterocycles. The van der Waals surface area contributed by atoms with E-state index < -0.39 is 0 Å². The largest absolute Gasteiger partial charge is 0.379 e. The van der Waals surface area contributed by atoms with Gasteiger partial charge in [0.15, 0.2) is 5.78 Å². The van der Waals surface area contributed by atoms with Crippen LogP contribution < -0.4 is 10.6 Å². The minimum Gasteiger partial charge on any atom is -0.379 e. The molecule has 0 saturated carbocycles. The summed E-state index contributed by atoms with van der Waals surface area (Å²) in [5.41, 5.74) is 0. The summed E-state index contributed by atoms with van der Waals surface area (Å²) in [6.07, 6.45) is 1.66. The van der Waals surface area contributed by atoms with Crippen molar-refractivity contribution in [3.63, 3.8) is 0 Å². The summed E-state index contributed by atoms with van der Waals surface area (Å²) in [5, 5.41) is 5.11. The number of ketones is 1. The van der Waals surface area contributed by atoms with Crippen LogP contribution in [-0.4, -0.2) is 69.8 Å². The predicted molar refractivity (Wildman–Crippen MR) is 93.3 cm³/mol. The van der Waals surface area contributed by atoms with Gasteiger partial charge < -0.3 is 24.8 Å². The standard InChI is InChI=1S/C17H32N2O6/c1-4-5-15(20)13-24-9-7-18-17(22)12-19-16(21)6-8-23-10-11-25-14(2)3/h14H,4-13H2,1-3H3,(H,18,22)(H,19,21). The SMILES string of the molecule is CCCC(=O)COCCNC(=O)CNC(=O)CCOCCOC(C)C. The minimum atomic E-state index is -0.303. The number of hydrogen-bond donors (Lipinski definition) is 2. The molecule has 0 aromatic heterocycles. The van der Waals surface area contributed by atoms with Gasteiger partial charge in [0.2, 0.25) is 11.8 Å². The maximum absolute atomic E-state index is 11.5. The maximum Gasteiger partial charge on any atom is 0.239 e. The van der Waals surface area contributed by atoms with Crippen molar-refractivity contribution in [2.75, 3.05) is 46.1 Å². The predicted octanol–water partition coefficient (Wildman–Crippen LogP) is 0.436. The van der Waals surface area contributed by atoms with E-state index in [2.05, 4.69) is 10.6 Å². The summed E-state index contributed by atoms with van der Waals surface area (Å²) in [7, 11) is 0. The third-order valence-electron chi connectivity index (χ3n) is 2.96. The van der Waals surface area contributed by atoms with Gasteiger partial charge in [-0.15, -0.1) is 0 Å². The number of Topliss-reactive ketones (excluding diaryl/α,β-unsaturated/α-hetero) is 1. The lowest BCUT2D eigenvalue weighted by Gasteiger charge is -2.09. The van der Waals surface area contributed by atoms with Crippen molar-refractivity contribution in [2.24, 2.45) is 0 Å². The fourth-order valence-corrected chi connectivity index (χ4v) is 1.74. The van der Waals surface area contributed by atoms with E-state index in [0.29, 0.717) is 26.2 Å². The summed E-state index contributed by atoms with van der Waals surface area (Å²) in [4.78, 5) is 34.3. The van der Waals surface area contributed by atoms with Gasteiger partial charge in [0, 0.05) is 19.4 Å². The summed E-state index contributed by atoms with van der Waals surface area (Å²) < 4.78 is 15.7. The van der Waals surface area contributed by atoms with Crippen molar-refractivity contribution in [1.82, 2.24) is 10.6 Å². The van der Waals surface area contributed by atoms with Crippen LogP contribution in [0.2, 0.25) is 0 Å². The van der Waals surface area contributed by atoms with E-state index in [0.717, 1.165) is 6.42 Å². The van der Waals surface area contributed by atoms with Crippen LogP contribution in [0.1, 0.15) is 40.0 Å². The van der Waals surface area contributed by atoms with Crippen LogP contribution in [0.3, 0.4) is 0 Å². The van der Waals surface area contributed by atoms with Gasteiger partial charge in [0.25, 0.3) is 0 Å². The highest BCUT2D eigenvalue weighted by Crippen LogP contribution is 1.90. The van der Waals surface area contributed by atoms with Crippen LogP contribution in [0.5, 0.6) is 0 Å². The second-order valence-electron chi connectivity index (χ2n) is 5.75. The molecule has 0 saturated heterocycles. The van der Waals surface area contributed by atoms with Gasteiger partial charge in [0.05, 0.1) is 39.1 Å². The Labute approximate surface area is 150 Å². The Morgan fingerprint density at radius 3 is 2.32 bits per heavy atom. The van der Waals surface area contributed by atoms with Gasteiger partial charge >= 0.3 is 0 Å². The van der Waals surface area contributed by atoms with Crippen LogP contribution in [0, 0.1) is 0 Å². The van der Waals surface area contributed by atoms with Crippen molar-refractivity contribution < 1.29 is 28.6 Å². The zero-order valence-electron chi connectivity index (χ0n) is 15.6. The first-order chi connectivity index (χ1) is 12.0. The molecule has 25 heavy (non-hydrogen) atoms. The Hall–Kier alpha value is -1.51. The molecule has 0 radical (unpaired) electrons. The first-order valence-electron chi connectivity index (χ1n) is 8.77. The molecule has 0 aliphatic carbocycles. The van der Waals surface area contributed by atoms with E-state index in [1.807, 2.05) is 20.8 Å². The Balaban J connectivity index is 3.46. The van der Waals surface area contributed by atoms with Crippen molar-refractivity contribution in [3.8, 4) is 0 Å². The zero-order valence-corrected chi connectivity index (χ0v) is 15.6. The van der Waals surface area contributed by atoms with Crippen LogP contribution in [0.15, 0.2) is 0 Å². The first kappa shape index (κ1) is 23.5. The highest BCUT2D eigenvalue weighted by atomic mass is 16.5. The molecule has 8 heteroatoms. The molecule has 0 atom stereocenters. The lowest BCUT2D eigenvalue weighted by atomic mass is 10.2. The minimum absolute atomic E-state index is 0.0547. The van der Waals surface area contributed by atoms with Gasteiger partial charge in [0.1, 0.15) is 6.61 Å². The van der Waals surface area contributed by atoms with Crippen molar-refractivity contribution in [3.05, 3.63) is 0 Å². The van der Waals surface area contributed by atoms with Gasteiger partial charge in [-0.25, -0.2) is 0 Å². The van der Waals surface area contributed by atoms with E-state index in [9.17, 15) is 14.4 Å². The quantitative estimate of drug-likeness (QED) is 0.387. The number of nitrogens with one attached hydrogen (secondary N) is 2. The van der Waals surface area contributed by atoms with E-state index >= 15 is 0 Å². The number of carbonyl (C=O) groups excluding carboxylic acids is 3. The Morgan fingerprint density at radius 1 is 0.880 bits per heavy atom. The smallest absolute Gasteiger partial charge is 0.239 e. The normalized spacial score (nSPS) is 10.7. The third kappa shape index (κ3) is 17.1. The van der Waals surface area contributed by atoms with E-state index in [-0.39, 0.29) is 56.5 Å². The summed E-state index contributed by atoms with van der Waals surface area (Å²) >= 11 is 0. The third-order valence-corrected chi connectivity index (χ3v) is 2.96. The van der Waals surface area contributed by atoms with Gasteiger partial charge in [-0.2, -0.15) is 0 Å². The molecule has 0 spiro atoms. The molecule has 0 rings (SSSR count). The summed E-state index contributed by atoms with van der Waals surface area (Å²) in [6, 6.07) is 0. The van der Waals surface area contributed by atoms with Crippen molar-refractivity contribution in [1.29, 1.82) is 0 Å². The Morgan fingerprint density at radius 2 is 1.64 bits per heavy atom. The Kier molecular flexibility index (Phi) is 15.0. The molecule has 0 aromatic rings. The topological polar surface area (TPSA) is 103 Å². The summed E-state index contributed by atoms with van der Waals surface area (Å²) in [5.74, 6) is -0.497. The van der Waals surface area contributed by atoms with Crippen molar-refractivity contribution >= 4 is 17.6 Å². The second-order valence-corrected chi connectivity index (χ2v) is 5.75. The molecule has 2 amide bonds. The van der Waals surface area contributed by atoms with E-state index in [1.165, 1.54) is 0 Å². The van der Waals surface area contributed by atoms with Gasteiger partial charge in [-0.3, -0.25) is 14.4 Å². The van der Waals surface area contributed by atoms with Crippen molar-refractivity contribution in [2.45, 2.75) is 46.1 Å². The zero-order chi connectivity index (χ0) is 18.9. The summed E-state index contributed by atoms with van der Waals surface area (Å²) in [6.45, 7) is 7.57. The van der Waals surface area contributed by atoms with Crippen LogP contribution in [-0.2, 0) is 28.6 Å². The monoisotopic (exact) mass is 360 g/mol. The maximum atomic E-state index is 11.5. The molecule has 0 bridgehead atoms. The number of ether oxygens (including phenoxy) is 3. The molecule has 0 fully saturated rings. The highest BCUT2D eigenvalue weighted by Gasteiger charge is 2.06. The second kappa shape index (κ2) is 16.0. The fraction of sp³-hybridized carbons (Fsp3) is 0.824. The molecule has 0 aliphatic rings. The molecular weight excluding hydrogens is 328 g/mol. The van der Waals surface area contributed by atoms with Crippen LogP contribution in [0.4, 0.5) is 0 Å². The lowest BCUT2D eigenvalue weighted by molar-refractivity contribution is -0.127. The average molecular weight is 360 g/mol. The highest BCUT2D eigenvalue weighted by molar-refractivity contribution is 5.84. The molecule has 0 aromatic carbocycles.